The molecule has 8 nitrogen and oxygen atoms in total. The van der Waals surface area contributed by atoms with Gasteiger partial charge in [0.05, 0.1) is 41.6 Å². The lowest BCUT2D eigenvalue weighted by Crippen LogP contribution is -2.32. The number of hydrogen-bond acceptors (Lipinski definition) is 7. The topological polar surface area (TPSA) is 103 Å². The first kappa shape index (κ1) is 20.2. The van der Waals surface area contributed by atoms with Crippen molar-refractivity contribution in [3.05, 3.63) is 58.3 Å². The summed E-state index contributed by atoms with van der Waals surface area (Å²) in [6.45, 7) is 0.854. The highest BCUT2D eigenvalue weighted by Gasteiger charge is 2.25. The lowest BCUT2D eigenvalue weighted by atomic mass is 10.1. The van der Waals surface area contributed by atoms with Gasteiger partial charge in [0.1, 0.15) is 5.76 Å². The van der Waals surface area contributed by atoms with Gasteiger partial charge in [0.2, 0.25) is 5.91 Å². The third kappa shape index (κ3) is 4.11. The third-order valence-electron chi connectivity index (χ3n) is 4.97. The molecule has 1 aliphatic rings. The van der Waals surface area contributed by atoms with Crippen LogP contribution in [0, 0.1) is 0 Å². The van der Waals surface area contributed by atoms with Gasteiger partial charge >= 0.3 is 5.97 Å². The number of rotatable bonds is 5. The number of carbonyl (C=O) groups is 2. The lowest BCUT2D eigenvalue weighted by Gasteiger charge is -2.16. The molecule has 0 bridgehead atoms. The normalized spacial score (nSPS) is 16.8. The first-order chi connectivity index (χ1) is 14.6. The Morgan fingerprint density at radius 2 is 2.20 bits per heavy atom. The van der Waals surface area contributed by atoms with Crippen molar-refractivity contribution in [2.75, 3.05) is 13.7 Å². The van der Waals surface area contributed by atoms with Crippen molar-refractivity contribution in [3.8, 4) is 0 Å². The molecule has 1 unspecified atom stereocenters. The van der Waals surface area contributed by atoms with Crippen LogP contribution >= 0.6 is 11.8 Å². The van der Waals surface area contributed by atoms with Crippen molar-refractivity contribution in [2.45, 2.75) is 36.2 Å². The molecule has 0 saturated carbocycles. The second kappa shape index (κ2) is 8.74. The van der Waals surface area contributed by atoms with Crippen molar-refractivity contribution in [3.63, 3.8) is 0 Å². The molecule has 1 aliphatic heterocycles. The average Bonchev–Trinajstić information content (AvgIpc) is 3.19. The number of esters is 1. The molecule has 0 aliphatic carbocycles. The first-order valence-corrected chi connectivity index (χ1v) is 10.5. The number of nitrogens with zero attached hydrogens (tertiary/aromatic N) is 2. The van der Waals surface area contributed by atoms with Crippen LogP contribution < -0.4 is 10.9 Å². The van der Waals surface area contributed by atoms with E-state index >= 15 is 0 Å². The van der Waals surface area contributed by atoms with E-state index in [1.807, 2.05) is 0 Å². The number of amides is 1. The van der Waals surface area contributed by atoms with Gasteiger partial charge in [-0.2, -0.15) is 0 Å². The maximum Gasteiger partial charge on any atom is 0.337 e. The van der Waals surface area contributed by atoms with Gasteiger partial charge in [-0.05, 0) is 43.2 Å². The van der Waals surface area contributed by atoms with E-state index in [1.165, 1.54) is 29.5 Å². The van der Waals surface area contributed by atoms with Gasteiger partial charge < -0.3 is 14.5 Å². The summed E-state index contributed by atoms with van der Waals surface area (Å²) in [5, 5.41) is 3.35. The van der Waals surface area contributed by atoms with Crippen LogP contribution in [0.1, 0.15) is 35.4 Å². The SMILES string of the molecule is COC(=O)c1ccc2c(=O)n(Cc3ccco3)c(SC3CCCCNC3=O)nc2c1. The molecule has 1 amide bonds. The fraction of sp³-hybridized carbons (Fsp3) is 0.333. The quantitative estimate of drug-likeness (QED) is 0.493. The summed E-state index contributed by atoms with van der Waals surface area (Å²) < 4.78 is 11.7. The van der Waals surface area contributed by atoms with Crippen LogP contribution in [-0.4, -0.2) is 40.3 Å². The molecular weight excluding hydrogens is 406 g/mol. The number of methoxy groups -OCH3 is 1. The molecule has 30 heavy (non-hydrogen) atoms. The molecule has 0 radical (unpaired) electrons. The first-order valence-electron chi connectivity index (χ1n) is 9.66. The number of aromatic nitrogens is 2. The molecule has 156 valence electrons. The Kier molecular flexibility index (Phi) is 5.89. The number of benzene rings is 1. The van der Waals surface area contributed by atoms with E-state index in [4.69, 9.17) is 9.15 Å². The minimum absolute atomic E-state index is 0.0558. The third-order valence-corrected chi connectivity index (χ3v) is 6.22. The summed E-state index contributed by atoms with van der Waals surface area (Å²) in [5.41, 5.74) is 0.434. The zero-order valence-electron chi connectivity index (χ0n) is 16.4. The molecule has 1 aromatic carbocycles. The van der Waals surface area contributed by atoms with Gasteiger partial charge in [0.25, 0.3) is 5.56 Å². The van der Waals surface area contributed by atoms with Crippen molar-refractivity contribution in [1.29, 1.82) is 0 Å². The van der Waals surface area contributed by atoms with Gasteiger partial charge in [-0.15, -0.1) is 0 Å². The lowest BCUT2D eigenvalue weighted by molar-refractivity contribution is -0.120. The summed E-state index contributed by atoms with van der Waals surface area (Å²) >= 11 is 1.27. The van der Waals surface area contributed by atoms with Crippen molar-refractivity contribution in [1.82, 2.24) is 14.9 Å². The van der Waals surface area contributed by atoms with E-state index in [-0.39, 0.29) is 23.3 Å². The van der Waals surface area contributed by atoms with Crippen molar-refractivity contribution in [2.24, 2.45) is 0 Å². The highest BCUT2D eigenvalue weighted by atomic mass is 32.2. The Hall–Kier alpha value is -3.07. The number of hydrogen-bond donors (Lipinski definition) is 1. The maximum atomic E-state index is 13.3. The Morgan fingerprint density at radius 3 is 2.97 bits per heavy atom. The zero-order chi connectivity index (χ0) is 21.1. The fourth-order valence-electron chi connectivity index (χ4n) is 3.38. The number of furan rings is 1. The van der Waals surface area contributed by atoms with E-state index in [9.17, 15) is 14.4 Å². The Bertz CT molecular complexity index is 1140. The van der Waals surface area contributed by atoms with Crippen LogP contribution in [0.4, 0.5) is 0 Å². The molecule has 4 rings (SSSR count). The number of carbonyl (C=O) groups excluding carboxylic acids is 2. The summed E-state index contributed by atoms with van der Waals surface area (Å²) in [7, 11) is 1.30. The smallest absolute Gasteiger partial charge is 0.337 e. The Balaban J connectivity index is 1.81. The van der Waals surface area contributed by atoms with Crippen LogP contribution in [0.25, 0.3) is 10.9 Å². The molecule has 1 saturated heterocycles. The predicted molar refractivity (Wildman–Crippen MR) is 112 cm³/mol. The van der Waals surface area contributed by atoms with Crippen LogP contribution in [0.2, 0.25) is 0 Å². The average molecular weight is 427 g/mol. The number of thioether (sulfide) groups is 1. The Labute approximate surface area is 176 Å². The van der Waals surface area contributed by atoms with Gasteiger partial charge in [-0.25, -0.2) is 9.78 Å². The Morgan fingerprint density at radius 1 is 1.33 bits per heavy atom. The molecule has 1 N–H and O–H groups in total. The highest BCUT2D eigenvalue weighted by Crippen LogP contribution is 2.28. The minimum Gasteiger partial charge on any atom is -0.467 e. The molecular formula is C21H21N3O5S. The van der Waals surface area contributed by atoms with Crippen LogP contribution in [0.3, 0.4) is 0 Å². The van der Waals surface area contributed by atoms with Gasteiger partial charge in [0.15, 0.2) is 5.16 Å². The van der Waals surface area contributed by atoms with E-state index in [0.717, 1.165) is 12.8 Å². The number of fused-ring (bicyclic) bond motifs is 1. The van der Waals surface area contributed by atoms with Gasteiger partial charge in [0, 0.05) is 6.54 Å². The zero-order valence-corrected chi connectivity index (χ0v) is 17.2. The van der Waals surface area contributed by atoms with Crippen LogP contribution in [0.15, 0.2) is 51.0 Å². The molecule has 2 aromatic heterocycles. The molecule has 1 fully saturated rings. The largest absolute Gasteiger partial charge is 0.467 e. The predicted octanol–water partition coefficient (Wildman–Crippen LogP) is 2.59. The van der Waals surface area contributed by atoms with Gasteiger partial charge in [-0.1, -0.05) is 18.2 Å². The van der Waals surface area contributed by atoms with Gasteiger partial charge in [-0.3, -0.25) is 14.2 Å². The van der Waals surface area contributed by atoms with E-state index < -0.39 is 5.97 Å². The summed E-state index contributed by atoms with van der Waals surface area (Å²) in [6, 6.07) is 8.19. The molecule has 3 heterocycles. The fourth-order valence-corrected chi connectivity index (χ4v) is 4.54. The summed E-state index contributed by atoms with van der Waals surface area (Å²) in [6.07, 6.45) is 4.09. The van der Waals surface area contributed by atoms with Crippen molar-refractivity contribution < 1.29 is 18.7 Å². The van der Waals surface area contributed by atoms with E-state index in [1.54, 1.807) is 30.5 Å². The van der Waals surface area contributed by atoms with Crippen molar-refractivity contribution >= 4 is 34.5 Å². The minimum atomic E-state index is -0.504. The molecule has 9 heteroatoms. The van der Waals surface area contributed by atoms with E-state index in [2.05, 4.69) is 10.3 Å². The summed E-state index contributed by atoms with van der Waals surface area (Å²) in [5.74, 6) is 0.0483. The molecule has 3 aromatic rings. The highest BCUT2D eigenvalue weighted by molar-refractivity contribution is 8.00. The second-order valence-electron chi connectivity index (χ2n) is 6.98. The number of ether oxygens (including phenoxy) is 1. The van der Waals surface area contributed by atoms with Crippen LogP contribution in [-0.2, 0) is 16.1 Å². The molecule has 0 spiro atoms. The number of nitrogens with one attached hydrogen (secondary N) is 1. The van der Waals surface area contributed by atoms with E-state index in [0.29, 0.717) is 40.3 Å². The second-order valence-corrected chi connectivity index (χ2v) is 8.15. The monoisotopic (exact) mass is 427 g/mol. The summed E-state index contributed by atoms with van der Waals surface area (Å²) in [4.78, 5) is 42.3. The molecule has 1 atom stereocenters. The maximum absolute atomic E-state index is 13.3. The van der Waals surface area contributed by atoms with Crippen LogP contribution in [0.5, 0.6) is 0 Å². The standard InChI is InChI=1S/C21H21N3O5S/c1-28-20(27)13-7-8-15-16(11-13)23-21(30-17-6-2-3-9-22-18(17)25)24(19(15)26)12-14-5-4-10-29-14/h4-5,7-8,10-11,17H,2-3,6,9,12H2,1H3,(H,22,25).